The van der Waals surface area contributed by atoms with E-state index in [1.54, 1.807) is 17.0 Å². The van der Waals surface area contributed by atoms with Crippen LogP contribution < -0.4 is 11.7 Å². The predicted molar refractivity (Wildman–Crippen MR) is 139 cm³/mol. The highest BCUT2D eigenvalue weighted by Gasteiger charge is 2.58. The Kier molecular flexibility index (Phi) is 8.70. The summed E-state index contributed by atoms with van der Waals surface area (Å²) in [6.45, 7) is 0.903. The molecular formula is C26H24F4N6O3S. The third-order valence-electron chi connectivity index (χ3n) is 6.05. The Morgan fingerprint density at radius 3 is 2.60 bits per heavy atom. The lowest BCUT2D eigenvalue weighted by Crippen LogP contribution is -2.53. The number of hydrogen-bond donors (Lipinski definition) is 3. The molecule has 14 heteroatoms. The van der Waals surface area contributed by atoms with Crippen molar-refractivity contribution in [1.29, 1.82) is 0 Å². The molecule has 0 spiro atoms. The summed E-state index contributed by atoms with van der Waals surface area (Å²) in [7, 11) is 0. The summed E-state index contributed by atoms with van der Waals surface area (Å²) in [6, 6.07) is 7.32. The number of benzene rings is 1. The summed E-state index contributed by atoms with van der Waals surface area (Å²) in [4.78, 5) is 19.2. The average Bonchev–Trinajstić information content (AvgIpc) is 3.41. The maximum absolute atomic E-state index is 15.8. The molecular weight excluding hydrogens is 552 g/mol. The van der Waals surface area contributed by atoms with Gasteiger partial charge in [0.1, 0.15) is 23.7 Å². The molecule has 1 aromatic carbocycles. The maximum atomic E-state index is 15.8. The highest BCUT2D eigenvalue weighted by molar-refractivity contribution is 7.14. The van der Waals surface area contributed by atoms with Crippen molar-refractivity contribution in [1.82, 2.24) is 14.9 Å². The number of amides is 1. The van der Waals surface area contributed by atoms with E-state index in [4.69, 9.17) is 16.4 Å². The molecule has 2 aromatic heterocycles. The number of carbonyl (C=O) groups excluding carboxylic acids is 1. The Hall–Kier alpha value is -4.03. The number of hydrazone groups is 1. The van der Waals surface area contributed by atoms with E-state index in [9.17, 15) is 18.7 Å². The molecule has 1 fully saturated rings. The van der Waals surface area contributed by atoms with Crippen LogP contribution in [0.4, 0.5) is 17.6 Å². The van der Waals surface area contributed by atoms with Crippen LogP contribution in [-0.2, 0) is 16.3 Å². The number of hydrazine groups is 1. The number of rotatable bonds is 7. The van der Waals surface area contributed by atoms with Crippen molar-refractivity contribution in [3.8, 4) is 11.8 Å². The summed E-state index contributed by atoms with van der Waals surface area (Å²) in [5.41, 5.74) is -4.87. The SMILES string of the molecule is N/N=C\N(N)CC(O)(c1ccc(F)cc1F)C(F)(F)c1ccc(C#Cc2ccc(C(=O)N3CCOCC3)s2)cn1. The minimum absolute atomic E-state index is 0.117. The zero-order chi connectivity index (χ0) is 28.9. The largest absolute Gasteiger partial charge is 0.378 e. The molecule has 1 aliphatic heterocycles. The van der Waals surface area contributed by atoms with Crippen molar-refractivity contribution >= 4 is 23.6 Å². The molecule has 1 saturated heterocycles. The number of ether oxygens (including phenoxy) is 1. The van der Waals surface area contributed by atoms with Gasteiger partial charge in [0.05, 0.1) is 29.5 Å². The van der Waals surface area contributed by atoms with Crippen molar-refractivity contribution in [3.63, 3.8) is 0 Å². The lowest BCUT2D eigenvalue weighted by molar-refractivity contribution is -0.203. The van der Waals surface area contributed by atoms with Crippen molar-refractivity contribution in [2.45, 2.75) is 11.5 Å². The van der Waals surface area contributed by atoms with Crippen molar-refractivity contribution in [3.05, 3.63) is 86.9 Å². The van der Waals surface area contributed by atoms with Gasteiger partial charge in [-0.05, 0) is 36.4 Å². The van der Waals surface area contributed by atoms with Gasteiger partial charge in [-0.2, -0.15) is 13.9 Å². The molecule has 0 aliphatic carbocycles. The summed E-state index contributed by atoms with van der Waals surface area (Å²) in [6.07, 6.45) is 1.81. The second kappa shape index (κ2) is 12.0. The van der Waals surface area contributed by atoms with E-state index in [2.05, 4.69) is 21.9 Å². The number of carbonyl (C=O) groups is 1. The lowest BCUT2D eigenvalue weighted by atomic mass is 9.84. The molecule has 210 valence electrons. The fraction of sp³-hybridized carbons (Fsp3) is 0.269. The molecule has 5 N–H and O–H groups in total. The average molecular weight is 577 g/mol. The number of hydrogen-bond acceptors (Lipinski definition) is 8. The van der Waals surface area contributed by atoms with Gasteiger partial charge in [-0.1, -0.05) is 11.8 Å². The van der Waals surface area contributed by atoms with Gasteiger partial charge in [0, 0.05) is 36.5 Å². The van der Waals surface area contributed by atoms with Crippen LogP contribution in [0.2, 0.25) is 0 Å². The highest BCUT2D eigenvalue weighted by Crippen LogP contribution is 2.46. The monoisotopic (exact) mass is 576 g/mol. The van der Waals surface area contributed by atoms with Gasteiger partial charge < -0.3 is 20.6 Å². The molecule has 40 heavy (non-hydrogen) atoms. The molecule has 1 atom stereocenters. The Morgan fingerprint density at radius 1 is 1.20 bits per heavy atom. The fourth-order valence-corrected chi connectivity index (χ4v) is 4.84. The molecule has 0 radical (unpaired) electrons. The van der Waals surface area contributed by atoms with E-state index < -0.39 is 41.0 Å². The quantitative estimate of drug-likeness (QED) is 0.0983. The summed E-state index contributed by atoms with van der Waals surface area (Å²) >= 11 is 1.20. The molecule has 9 nitrogen and oxygen atoms in total. The standard InChI is InChI=1S/C26H24F4N6O3S/c27-18-3-6-20(21(28)13-18)25(38,15-36(32)16-34-31)26(29,30)23-8-2-17(14-33-23)1-4-19-5-7-22(40-19)24(37)35-9-11-39-12-10-35/h2-3,5-8,13-14,16,38H,9-12,15,31-32H2/b34-16-. The number of aromatic nitrogens is 1. The minimum Gasteiger partial charge on any atom is -0.378 e. The topological polar surface area (TPSA) is 130 Å². The number of halogens is 4. The molecule has 0 saturated carbocycles. The zero-order valence-corrected chi connectivity index (χ0v) is 21.7. The van der Waals surface area contributed by atoms with Gasteiger partial charge in [-0.3, -0.25) is 14.8 Å². The van der Waals surface area contributed by atoms with E-state index >= 15 is 8.78 Å². The third-order valence-corrected chi connectivity index (χ3v) is 7.04. The van der Waals surface area contributed by atoms with Crippen LogP contribution in [0.1, 0.15) is 31.4 Å². The van der Waals surface area contributed by atoms with Gasteiger partial charge >= 0.3 is 5.92 Å². The minimum atomic E-state index is -4.22. The lowest BCUT2D eigenvalue weighted by Gasteiger charge is -2.37. The first-order valence-corrected chi connectivity index (χ1v) is 12.6. The first-order chi connectivity index (χ1) is 19.0. The molecule has 3 aromatic rings. The van der Waals surface area contributed by atoms with Crippen molar-refractivity contribution in [2.24, 2.45) is 16.8 Å². The Labute approximate surface area is 230 Å². The van der Waals surface area contributed by atoms with Gasteiger partial charge in [0.25, 0.3) is 5.91 Å². The Balaban J connectivity index is 1.58. The van der Waals surface area contributed by atoms with Crippen LogP contribution in [0, 0.1) is 23.5 Å². The molecule has 4 rings (SSSR count). The smallest absolute Gasteiger partial charge is 0.323 e. The summed E-state index contributed by atoms with van der Waals surface area (Å²) in [5, 5.41) is 14.8. The highest BCUT2D eigenvalue weighted by atomic mass is 32.1. The molecule has 0 bridgehead atoms. The van der Waals surface area contributed by atoms with Crippen LogP contribution in [0.5, 0.6) is 0 Å². The van der Waals surface area contributed by atoms with Crippen LogP contribution in [0.15, 0.2) is 53.8 Å². The normalized spacial score (nSPS) is 15.4. The third kappa shape index (κ3) is 6.07. The number of nitrogens with two attached hydrogens (primary N) is 2. The van der Waals surface area contributed by atoms with Gasteiger partial charge in [0.2, 0.25) is 0 Å². The van der Waals surface area contributed by atoms with E-state index in [1.165, 1.54) is 17.4 Å². The number of thiophene rings is 1. The number of nitrogens with zero attached hydrogens (tertiary/aromatic N) is 4. The second-order valence-electron chi connectivity index (χ2n) is 8.75. The van der Waals surface area contributed by atoms with Gasteiger partial charge in [-0.15, -0.1) is 11.3 Å². The molecule has 1 unspecified atom stereocenters. The second-order valence-corrected chi connectivity index (χ2v) is 9.83. The van der Waals surface area contributed by atoms with E-state index in [1.807, 2.05) is 0 Å². The molecule has 3 heterocycles. The van der Waals surface area contributed by atoms with E-state index in [-0.39, 0.29) is 11.5 Å². The first-order valence-electron chi connectivity index (χ1n) is 11.8. The van der Waals surface area contributed by atoms with Crippen LogP contribution in [0.25, 0.3) is 0 Å². The van der Waals surface area contributed by atoms with Gasteiger partial charge in [-0.25, -0.2) is 14.6 Å². The first kappa shape index (κ1) is 29.0. The fourth-order valence-electron chi connectivity index (χ4n) is 4.01. The van der Waals surface area contributed by atoms with E-state index in [0.717, 1.165) is 24.7 Å². The summed E-state index contributed by atoms with van der Waals surface area (Å²) in [5.74, 6) is 9.48. The summed E-state index contributed by atoms with van der Waals surface area (Å²) < 4.78 is 64.9. The van der Waals surface area contributed by atoms with Gasteiger partial charge in [0.15, 0.2) is 5.60 Å². The maximum Gasteiger partial charge on any atom is 0.323 e. The number of morpholine rings is 1. The molecule has 1 aliphatic rings. The Morgan fingerprint density at radius 2 is 1.95 bits per heavy atom. The van der Waals surface area contributed by atoms with Crippen molar-refractivity contribution < 1.29 is 32.2 Å². The van der Waals surface area contributed by atoms with Crippen LogP contribution in [-0.4, -0.2) is 65.1 Å². The Bertz CT molecular complexity index is 1450. The van der Waals surface area contributed by atoms with Crippen LogP contribution in [0.3, 0.4) is 0 Å². The number of alkyl halides is 2. The number of aliphatic hydroxyl groups is 1. The molecule has 1 amide bonds. The van der Waals surface area contributed by atoms with Crippen LogP contribution >= 0.6 is 11.3 Å². The van der Waals surface area contributed by atoms with E-state index in [0.29, 0.717) is 53.2 Å². The zero-order valence-electron chi connectivity index (χ0n) is 20.9. The van der Waals surface area contributed by atoms with Crippen molar-refractivity contribution in [2.75, 3.05) is 32.8 Å². The number of pyridine rings is 1. The predicted octanol–water partition coefficient (Wildman–Crippen LogP) is 2.35.